The van der Waals surface area contributed by atoms with Gasteiger partial charge in [0.1, 0.15) is 5.25 Å². The standard InChI is InChI=1S/C17H18O3S/c1-3-16(17(18)14-7-5-4-6-8-14)21(19,20)15-11-9-13(2)10-12-15/h4-12,16H,3H2,1-2H3. The summed E-state index contributed by atoms with van der Waals surface area (Å²) in [6.07, 6.45) is 0.254. The molecule has 110 valence electrons. The average Bonchev–Trinajstić information content (AvgIpc) is 2.49. The zero-order valence-corrected chi connectivity index (χ0v) is 12.9. The Hall–Kier alpha value is -1.94. The first kappa shape index (κ1) is 15.4. The summed E-state index contributed by atoms with van der Waals surface area (Å²) in [6.45, 7) is 3.61. The van der Waals surface area contributed by atoms with E-state index >= 15 is 0 Å². The lowest BCUT2D eigenvalue weighted by Gasteiger charge is -2.15. The Labute approximate surface area is 125 Å². The van der Waals surface area contributed by atoms with Gasteiger partial charge in [-0.2, -0.15) is 0 Å². The van der Waals surface area contributed by atoms with E-state index in [9.17, 15) is 13.2 Å². The maximum Gasteiger partial charge on any atom is 0.188 e. The van der Waals surface area contributed by atoms with Crippen LogP contribution in [0.1, 0.15) is 29.3 Å². The number of hydrogen-bond acceptors (Lipinski definition) is 3. The maximum absolute atomic E-state index is 12.7. The van der Waals surface area contributed by atoms with Crippen LogP contribution in [-0.4, -0.2) is 19.5 Å². The second-order valence-corrected chi connectivity index (χ2v) is 7.12. The Morgan fingerprint density at radius 1 is 1.00 bits per heavy atom. The molecule has 0 spiro atoms. The smallest absolute Gasteiger partial charge is 0.188 e. The van der Waals surface area contributed by atoms with E-state index in [2.05, 4.69) is 0 Å². The van der Waals surface area contributed by atoms with Gasteiger partial charge in [-0.3, -0.25) is 4.79 Å². The number of hydrogen-bond donors (Lipinski definition) is 0. The van der Waals surface area contributed by atoms with Gasteiger partial charge in [0.15, 0.2) is 15.6 Å². The third-order valence-corrected chi connectivity index (χ3v) is 5.67. The van der Waals surface area contributed by atoms with Crippen LogP contribution in [-0.2, 0) is 9.84 Å². The largest absolute Gasteiger partial charge is 0.293 e. The fraction of sp³-hybridized carbons (Fsp3) is 0.235. The SMILES string of the molecule is CCC(C(=O)c1ccccc1)S(=O)(=O)c1ccc(C)cc1. The van der Waals surface area contributed by atoms with Crippen molar-refractivity contribution in [1.29, 1.82) is 0 Å². The minimum Gasteiger partial charge on any atom is -0.293 e. The fourth-order valence-corrected chi connectivity index (χ4v) is 3.93. The molecule has 0 N–H and O–H groups in total. The van der Waals surface area contributed by atoms with Crippen LogP contribution < -0.4 is 0 Å². The molecule has 2 aromatic carbocycles. The van der Waals surface area contributed by atoms with Gasteiger partial charge >= 0.3 is 0 Å². The number of aryl methyl sites for hydroxylation is 1. The number of carbonyl (C=O) groups excluding carboxylic acids is 1. The molecule has 0 saturated heterocycles. The van der Waals surface area contributed by atoms with Crippen LogP contribution >= 0.6 is 0 Å². The molecule has 2 aromatic rings. The summed E-state index contributed by atoms with van der Waals surface area (Å²) in [5.41, 5.74) is 1.41. The molecule has 0 amide bonds. The molecule has 0 bridgehead atoms. The van der Waals surface area contributed by atoms with Crippen LogP contribution in [0.3, 0.4) is 0 Å². The average molecular weight is 302 g/mol. The summed E-state index contributed by atoms with van der Waals surface area (Å²) in [6, 6.07) is 15.2. The molecule has 3 nitrogen and oxygen atoms in total. The van der Waals surface area contributed by atoms with Gasteiger partial charge in [0.25, 0.3) is 0 Å². The Kier molecular flexibility index (Phi) is 4.58. The number of Topliss-reactive ketones (excluding diaryl/α,β-unsaturated/α-hetero) is 1. The zero-order chi connectivity index (χ0) is 15.5. The highest BCUT2D eigenvalue weighted by molar-refractivity contribution is 7.92. The van der Waals surface area contributed by atoms with E-state index in [1.54, 1.807) is 61.5 Å². The molecule has 0 heterocycles. The maximum atomic E-state index is 12.7. The van der Waals surface area contributed by atoms with Gasteiger partial charge in [-0.1, -0.05) is 55.0 Å². The van der Waals surface area contributed by atoms with Gasteiger partial charge in [-0.25, -0.2) is 8.42 Å². The molecule has 0 aliphatic carbocycles. The van der Waals surface area contributed by atoms with Gasteiger partial charge in [0.05, 0.1) is 4.90 Å². The second kappa shape index (κ2) is 6.22. The van der Waals surface area contributed by atoms with Gasteiger partial charge in [-0.15, -0.1) is 0 Å². The molecule has 4 heteroatoms. The predicted molar refractivity (Wildman–Crippen MR) is 83.2 cm³/mol. The van der Waals surface area contributed by atoms with Crippen molar-refractivity contribution in [2.75, 3.05) is 0 Å². The molecule has 0 aliphatic rings. The molecule has 1 atom stereocenters. The Bertz CT molecular complexity index is 716. The highest BCUT2D eigenvalue weighted by atomic mass is 32.2. The Balaban J connectivity index is 2.41. The van der Waals surface area contributed by atoms with Gasteiger partial charge in [0.2, 0.25) is 0 Å². The molecule has 0 aromatic heterocycles. The quantitative estimate of drug-likeness (QED) is 0.795. The molecule has 0 radical (unpaired) electrons. The van der Waals surface area contributed by atoms with E-state index in [1.165, 1.54) is 0 Å². The number of sulfone groups is 1. The Morgan fingerprint density at radius 2 is 1.57 bits per heavy atom. The summed E-state index contributed by atoms with van der Waals surface area (Å²) < 4.78 is 25.3. The van der Waals surface area contributed by atoms with Crippen LogP contribution in [0.15, 0.2) is 59.5 Å². The summed E-state index contributed by atoms with van der Waals surface area (Å²) >= 11 is 0. The molecule has 0 aliphatic heterocycles. The van der Waals surface area contributed by atoms with Crippen LogP contribution in [0.2, 0.25) is 0 Å². The van der Waals surface area contributed by atoms with Gasteiger partial charge in [0, 0.05) is 5.56 Å². The number of benzene rings is 2. The Morgan fingerprint density at radius 3 is 2.10 bits per heavy atom. The number of carbonyl (C=O) groups is 1. The van der Waals surface area contributed by atoms with Gasteiger partial charge in [-0.05, 0) is 25.5 Å². The van der Waals surface area contributed by atoms with E-state index in [4.69, 9.17) is 0 Å². The van der Waals surface area contributed by atoms with Crippen LogP contribution in [0.5, 0.6) is 0 Å². The molecule has 21 heavy (non-hydrogen) atoms. The van der Waals surface area contributed by atoms with Crippen molar-refractivity contribution in [2.24, 2.45) is 0 Å². The number of rotatable bonds is 5. The lowest BCUT2D eigenvalue weighted by Crippen LogP contribution is -2.30. The predicted octanol–water partition coefficient (Wildman–Crippen LogP) is 3.43. The van der Waals surface area contributed by atoms with Crippen molar-refractivity contribution in [3.63, 3.8) is 0 Å². The van der Waals surface area contributed by atoms with E-state index in [0.29, 0.717) is 5.56 Å². The summed E-state index contributed by atoms with van der Waals surface area (Å²) in [5, 5.41) is -1.04. The third-order valence-electron chi connectivity index (χ3n) is 3.45. The third kappa shape index (κ3) is 3.22. The van der Waals surface area contributed by atoms with E-state index in [-0.39, 0.29) is 17.1 Å². The summed E-state index contributed by atoms with van der Waals surface area (Å²) in [4.78, 5) is 12.7. The first-order chi connectivity index (χ1) is 9.96. The first-order valence-electron chi connectivity index (χ1n) is 6.86. The van der Waals surface area contributed by atoms with Crippen molar-refractivity contribution >= 4 is 15.6 Å². The molecule has 0 fully saturated rings. The minimum absolute atomic E-state index is 0.198. The zero-order valence-electron chi connectivity index (χ0n) is 12.1. The van der Waals surface area contributed by atoms with Crippen LogP contribution in [0, 0.1) is 6.92 Å². The molecular weight excluding hydrogens is 284 g/mol. The highest BCUT2D eigenvalue weighted by Gasteiger charge is 2.32. The summed E-state index contributed by atoms with van der Waals surface area (Å²) in [5.74, 6) is -0.348. The molecule has 1 unspecified atom stereocenters. The van der Waals surface area contributed by atoms with Crippen molar-refractivity contribution in [3.8, 4) is 0 Å². The number of ketones is 1. The van der Waals surface area contributed by atoms with Crippen LogP contribution in [0.25, 0.3) is 0 Å². The second-order valence-electron chi connectivity index (χ2n) is 4.99. The topological polar surface area (TPSA) is 51.2 Å². The normalized spacial score (nSPS) is 12.9. The van der Waals surface area contributed by atoms with Crippen molar-refractivity contribution < 1.29 is 13.2 Å². The van der Waals surface area contributed by atoms with Crippen LogP contribution in [0.4, 0.5) is 0 Å². The summed E-state index contributed by atoms with van der Waals surface area (Å²) in [7, 11) is -3.66. The monoisotopic (exact) mass is 302 g/mol. The minimum atomic E-state index is -3.66. The molecule has 0 saturated carbocycles. The van der Waals surface area contributed by atoms with Gasteiger partial charge < -0.3 is 0 Å². The van der Waals surface area contributed by atoms with Crippen molar-refractivity contribution in [1.82, 2.24) is 0 Å². The van der Waals surface area contributed by atoms with E-state index in [0.717, 1.165) is 5.56 Å². The van der Waals surface area contributed by atoms with Crippen molar-refractivity contribution in [3.05, 3.63) is 65.7 Å². The first-order valence-corrected chi connectivity index (χ1v) is 8.41. The lowest BCUT2D eigenvalue weighted by atomic mass is 10.1. The molecular formula is C17H18O3S. The van der Waals surface area contributed by atoms with E-state index in [1.807, 2.05) is 6.92 Å². The lowest BCUT2D eigenvalue weighted by molar-refractivity contribution is 0.0985. The van der Waals surface area contributed by atoms with Crippen molar-refractivity contribution in [2.45, 2.75) is 30.4 Å². The highest BCUT2D eigenvalue weighted by Crippen LogP contribution is 2.22. The molecule has 2 rings (SSSR count). The fourth-order valence-electron chi connectivity index (χ4n) is 2.23. The van der Waals surface area contributed by atoms with E-state index < -0.39 is 15.1 Å².